The van der Waals surface area contributed by atoms with E-state index in [1.807, 2.05) is 27.7 Å². The van der Waals surface area contributed by atoms with Crippen LogP contribution in [0.2, 0.25) is 0 Å². The Bertz CT molecular complexity index is 473. The Morgan fingerprint density at radius 1 is 1.39 bits per heavy atom. The Morgan fingerprint density at radius 3 is 2.50 bits per heavy atom. The van der Waals surface area contributed by atoms with Crippen LogP contribution in [-0.2, 0) is 9.59 Å². The van der Waals surface area contributed by atoms with E-state index in [1.165, 1.54) is 4.90 Å². The van der Waals surface area contributed by atoms with Crippen LogP contribution in [0.3, 0.4) is 0 Å². The molecule has 0 saturated carbocycles. The maximum Gasteiger partial charge on any atom is 0.252 e. The van der Waals surface area contributed by atoms with Gasteiger partial charge in [0.2, 0.25) is 5.91 Å². The number of aromatic nitrogens is 2. The number of anilines is 1. The van der Waals surface area contributed by atoms with Gasteiger partial charge in [0.1, 0.15) is 6.04 Å². The molecule has 1 aromatic rings. The monoisotopic (exact) mass is 250 g/mol. The van der Waals surface area contributed by atoms with E-state index < -0.39 is 6.04 Å². The van der Waals surface area contributed by atoms with Crippen LogP contribution in [-0.4, -0.2) is 39.0 Å². The van der Waals surface area contributed by atoms with Crippen molar-refractivity contribution in [3.05, 3.63) is 11.4 Å². The van der Waals surface area contributed by atoms with Crippen molar-refractivity contribution in [2.24, 2.45) is 0 Å². The van der Waals surface area contributed by atoms with Crippen LogP contribution in [0.4, 0.5) is 5.69 Å². The normalized spacial score (nSPS) is 20.1. The molecule has 1 atom stereocenters. The van der Waals surface area contributed by atoms with Gasteiger partial charge in [-0.2, -0.15) is 5.10 Å². The second-order valence-corrected chi connectivity index (χ2v) is 4.91. The lowest BCUT2D eigenvalue weighted by atomic mass is 10.2. The van der Waals surface area contributed by atoms with Crippen molar-refractivity contribution in [1.29, 1.82) is 0 Å². The van der Waals surface area contributed by atoms with Gasteiger partial charge >= 0.3 is 0 Å². The minimum absolute atomic E-state index is 0.0941. The highest BCUT2D eigenvalue weighted by Gasteiger charge is 2.40. The number of hydrogen-bond acceptors (Lipinski definition) is 4. The molecule has 2 amide bonds. The van der Waals surface area contributed by atoms with Gasteiger partial charge in [-0.1, -0.05) is 0 Å². The molecule has 0 aliphatic carbocycles. The molecule has 0 bridgehead atoms. The lowest BCUT2D eigenvalue weighted by Crippen LogP contribution is -2.39. The number of H-pyrrole nitrogens is 1. The van der Waals surface area contributed by atoms with E-state index in [0.717, 1.165) is 17.1 Å². The van der Waals surface area contributed by atoms with Crippen molar-refractivity contribution in [3.8, 4) is 0 Å². The molecule has 1 aliphatic heterocycles. The number of hydrogen-bond donors (Lipinski definition) is 2. The van der Waals surface area contributed by atoms with E-state index in [9.17, 15) is 9.59 Å². The highest BCUT2D eigenvalue weighted by atomic mass is 16.2. The second kappa shape index (κ2) is 4.44. The number of carbonyl (C=O) groups is 2. The fourth-order valence-electron chi connectivity index (χ4n) is 2.24. The molecule has 1 fully saturated rings. The van der Waals surface area contributed by atoms with Gasteiger partial charge in [0.15, 0.2) is 0 Å². The van der Waals surface area contributed by atoms with Crippen LogP contribution in [0.15, 0.2) is 0 Å². The Balaban J connectivity index is 2.17. The maximum absolute atomic E-state index is 12.1. The highest BCUT2D eigenvalue weighted by molar-refractivity contribution is 6.07. The molecule has 1 saturated heterocycles. The predicted molar refractivity (Wildman–Crippen MR) is 67.1 cm³/mol. The third kappa shape index (κ3) is 1.98. The number of imide groups is 1. The molecule has 6 nitrogen and oxygen atoms in total. The summed E-state index contributed by atoms with van der Waals surface area (Å²) in [5, 5.41) is 10.0. The number of aromatic amines is 1. The summed E-state index contributed by atoms with van der Waals surface area (Å²) in [7, 11) is 0. The zero-order valence-electron chi connectivity index (χ0n) is 11.1. The van der Waals surface area contributed by atoms with Crippen LogP contribution >= 0.6 is 0 Å². The van der Waals surface area contributed by atoms with Crippen LogP contribution in [0.25, 0.3) is 0 Å². The molecule has 2 N–H and O–H groups in total. The quantitative estimate of drug-likeness (QED) is 0.784. The molecule has 0 aromatic carbocycles. The van der Waals surface area contributed by atoms with Gasteiger partial charge in [0.25, 0.3) is 5.91 Å². The average Bonchev–Trinajstić information content (AvgIpc) is 2.73. The molecule has 0 radical (unpaired) electrons. The van der Waals surface area contributed by atoms with Gasteiger partial charge in [-0.15, -0.1) is 0 Å². The molecule has 1 aromatic heterocycles. The summed E-state index contributed by atoms with van der Waals surface area (Å²) in [5.74, 6) is -0.277. The summed E-state index contributed by atoms with van der Waals surface area (Å²) < 4.78 is 0. The molecule has 6 heteroatoms. The molecular formula is C12H18N4O2. The number of aryl methyl sites for hydroxylation is 2. The lowest BCUT2D eigenvalue weighted by Gasteiger charge is -2.19. The van der Waals surface area contributed by atoms with E-state index in [-0.39, 0.29) is 24.3 Å². The van der Waals surface area contributed by atoms with Gasteiger partial charge < -0.3 is 5.32 Å². The highest BCUT2D eigenvalue weighted by Crippen LogP contribution is 2.23. The number of rotatable bonds is 3. The van der Waals surface area contributed by atoms with Gasteiger partial charge in [-0.25, -0.2) is 0 Å². The smallest absolute Gasteiger partial charge is 0.252 e. The van der Waals surface area contributed by atoms with E-state index >= 15 is 0 Å². The summed E-state index contributed by atoms with van der Waals surface area (Å²) in [6.07, 6.45) is 0.209. The largest absolute Gasteiger partial charge is 0.370 e. The summed E-state index contributed by atoms with van der Waals surface area (Å²) in [5.41, 5.74) is 2.48. The fourth-order valence-corrected chi connectivity index (χ4v) is 2.24. The molecule has 1 unspecified atom stereocenters. The van der Waals surface area contributed by atoms with E-state index in [1.54, 1.807) is 0 Å². The van der Waals surface area contributed by atoms with Crippen molar-refractivity contribution in [2.45, 2.75) is 46.2 Å². The zero-order chi connectivity index (χ0) is 13.4. The van der Waals surface area contributed by atoms with Gasteiger partial charge in [-0.3, -0.25) is 19.6 Å². The Morgan fingerprint density at radius 2 is 2.06 bits per heavy atom. The van der Waals surface area contributed by atoms with E-state index in [0.29, 0.717) is 0 Å². The number of amides is 2. The van der Waals surface area contributed by atoms with Crippen molar-refractivity contribution < 1.29 is 9.59 Å². The van der Waals surface area contributed by atoms with Crippen LogP contribution in [0.1, 0.15) is 31.7 Å². The Hall–Kier alpha value is -1.85. The molecule has 2 rings (SSSR count). The Kier molecular flexibility index (Phi) is 3.11. The van der Waals surface area contributed by atoms with Crippen LogP contribution in [0, 0.1) is 13.8 Å². The van der Waals surface area contributed by atoms with Crippen molar-refractivity contribution >= 4 is 17.5 Å². The standard InChI is InChI=1S/C12H18N4O2/c1-6(2)16-10(17)5-9(12(16)18)13-11-7(3)14-15-8(11)4/h6,9,13H,5H2,1-4H3,(H,14,15). The zero-order valence-corrected chi connectivity index (χ0v) is 11.1. The number of likely N-dealkylation sites (tertiary alicyclic amines) is 1. The first-order valence-electron chi connectivity index (χ1n) is 6.05. The van der Waals surface area contributed by atoms with Crippen LogP contribution in [0.5, 0.6) is 0 Å². The van der Waals surface area contributed by atoms with E-state index in [4.69, 9.17) is 0 Å². The first-order valence-corrected chi connectivity index (χ1v) is 6.05. The fraction of sp³-hybridized carbons (Fsp3) is 0.583. The van der Waals surface area contributed by atoms with Crippen molar-refractivity contribution in [3.63, 3.8) is 0 Å². The SMILES string of the molecule is Cc1n[nH]c(C)c1NC1CC(=O)N(C(C)C)C1=O. The minimum atomic E-state index is -0.477. The molecular weight excluding hydrogens is 232 g/mol. The summed E-state index contributed by atoms with van der Waals surface area (Å²) >= 11 is 0. The average molecular weight is 250 g/mol. The number of carbonyl (C=O) groups excluding carboxylic acids is 2. The molecule has 98 valence electrons. The van der Waals surface area contributed by atoms with Gasteiger partial charge in [-0.05, 0) is 27.7 Å². The molecule has 1 aliphatic rings. The predicted octanol–water partition coefficient (Wildman–Crippen LogP) is 0.974. The third-order valence-electron chi connectivity index (χ3n) is 3.15. The number of nitrogens with zero attached hydrogens (tertiary/aromatic N) is 2. The summed E-state index contributed by atoms with van der Waals surface area (Å²) in [4.78, 5) is 25.2. The Labute approximate surface area is 106 Å². The minimum Gasteiger partial charge on any atom is -0.370 e. The van der Waals surface area contributed by atoms with E-state index in [2.05, 4.69) is 15.5 Å². The summed E-state index contributed by atoms with van der Waals surface area (Å²) in [6, 6.07) is -0.571. The number of nitrogens with one attached hydrogen (secondary N) is 2. The maximum atomic E-state index is 12.1. The lowest BCUT2D eigenvalue weighted by molar-refractivity contribution is -0.140. The molecule has 18 heavy (non-hydrogen) atoms. The third-order valence-corrected chi connectivity index (χ3v) is 3.15. The van der Waals surface area contributed by atoms with Gasteiger partial charge in [0.05, 0.1) is 23.5 Å². The first-order chi connectivity index (χ1) is 8.41. The topological polar surface area (TPSA) is 78.1 Å². The van der Waals surface area contributed by atoms with Crippen molar-refractivity contribution in [2.75, 3.05) is 5.32 Å². The van der Waals surface area contributed by atoms with Crippen LogP contribution < -0.4 is 5.32 Å². The molecule has 2 heterocycles. The summed E-state index contributed by atoms with van der Waals surface area (Å²) in [6.45, 7) is 7.41. The van der Waals surface area contributed by atoms with Gasteiger partial charge in [0, 0.05) is 6.04 Å². The molecule has 0 spiro atoms. The van der Waals surface area contributed by atoms with Crippen molar-refractivity contribution in [1.82, 2.24) is 15.1 Å². The first kappa shape index (κ1) is 12.6. The second-order valence-electron chi connectivity index (χ2n) is 4.91.